The van der Waals surface area contributed by atoms with Gasteiger partial charge >= 0.3 is 0 Å². The lowest BCUT2D eigenvalue weighted by atomic mass is 10.1. The van der Waals surface area contributed by atoms with Gasteiger partial charge in [-0.15, -0.1) is 5.10 Å². The molecule has 5 rings (SSSR count). The third-order valence-corrected chi connectivity index (χ3v) is 6.21. The summed E-state index contributed by atoms with van der Waals surface area (Å²) in [6.45, 7) is 7.10. The van der Waals surface area contributed by atoms with Gasteiger partial charge in [-0.3, -0.25) is 4.79 Å². The van der Waals surface area contributed by atoms with Crippen molar-refractivity contribution in [1.82, 2.24) is 14.6 Å². The van der Waals surface area contributed by atoms with Crippen molar-refractivity contribution >= 4 is 33.3 Å². The van der Waals surface area contributed by atoms with Crippen LogP contribution in [0.15, 0.2) is 51.7 Å². The first kappa shape index (κ1) is 21.2. The molecule has 3 heterocycles. The van der Waals surface area contributed by atoms with E-state index in [1.165, 1.54) is 15.9 Å². The first-order valence-electron chi connectivity index (χ1n) is 10.9. The van der Waals surface area contributed by atoms with Crippen LogP contribution in [-0.4, -0.2) is 27.8 Å². The fraction of sp³-hybridized carbons (Fsp3) is 0.240. The van der Waals surface area contributed by atoms with Gasteiger partial charge in [0, 0.05) is 10.9 Å². The highest BCUT2D eigenvalue weighted by Gasteiger charge is 2.19. The second kappa shape index (κ2) is 8.71. The van der Waals surface area contributed by atoms with Gasteiger partial charge in [0.15, 0.2) is 17.3 Å². The van der Waals surface area contributed by atoms with Gasteiger partial charge in [-0.1, -0.05) is 42.5 Å². The molecule has 0 aliphatic heterocycles. The number of rotatable bonds is 7. The predicted molar refractivity (Wildman–Crippen MR) is 129 cm³/mol. The average Bonchev–Trinajstić information content (AvgIpc) is 3.46. The number of nitrogens with zero attached hydrogens (tertiary/aromatic N) is 3. The van der Waals surface area contributed by atoms with Crippen LogP contribution >= 0.6 is 11.3 Å². The largest absolute Gasteiger partial charge is 0.490 e. The van der Waals surface area contributed by atoms with E-state index in [0.29, 0.717) is 45.8 Å². The molecule has 33 heavy (non-hydrogen) atoms. The van der Waals surface area contributed by atoms with Gasteiger partial charge in [0.2, 0.25) is 10.8 Å². The zero-order chi connectivity index (χ0) is 22.9. The molecule has 0 atom stereocenters. The Morgan fingerprint density at radius 1 is 1.12 bits per heavy atom. The summed E-state index contributed by atoms with van der Waals surface area (Å²) in [5.41, 5.74) is 2.36. The SMILES string of the molecule is CCCOc1ccc(C=c2sc3nc(-c4oc5ccccc5c4C)nn3c2=O)cc1OCC. The zero-order valence-electron chi connectivity index (χ0n) is 18.6. The number of fused-ring (bicyclic) bond motifs is 2. The number of ether oxygens (including phenoxy) is 2. The number of aromatic nitrogens is 3. The van der Waals surface area contributed by atoms with Crippen molar-refractivity contribution in [3.05, 3.63) is 68.5 Å². The van der Waals surface area contributed by atoms with Crippen LogP contribution in [0.2, 0.25) is 0 Å². The van der Waals surface area contributed by atoms with Crippen molar-refractivity contribution in [3.8, 4) is 23.1 Å². The molecule has 168 valence electrons. The minimum Gasteiger partial charge on any atom is -0.490 e. The van der Waals surface area contributed by atoms with Gasteiger partial charge in [0.25, 0.3) is 5.56 Å². The number of furan rings is 1. The second-order valence-electron chi connectivity index (χ2n) is 7.59. The summed E-state index contributed by atoms with van der Waals surface area (Å²) in [5, 5.41) is 5.45. The van der Waals surface area contributed by atoms with Gasteiger partial charge in [0.05, 0.1) is 17.7 Å². The molecule has 0 radical (unpaired) electrons. The van der Waals surface area contributed by atoms with E-state index in [-0.39, 0.29) is 5.56 Å². The third kappa shape index (κ3) is 3.87. The van der Waals surface area contributed by atoms with E-state index in [0.717, 1.165) is 28.5 Å². The fourth-order valence-corrected chi connectivity index (χ4v) is 4.59. The highest BCUT2D eigenvalue weighted by Crippen LogP contribution is 2.31. The molecule has 2 aromatic carbocycles. The molecule has 0 aliphatic rings. The fourth-order valence-electron chi connectivity index (χ4n) is 3.68. The Labute approximate surface area is 193 Å². The van der Waals surface area contributed by atoms with Crippen LogP contribution < -0.4 is 19.6 Å². The van der Waals surface area contributed by atoms with Crippen molar-refractivity contribution < 1.29 is 13.9 Å². The number of hydrogen-bond donors (Lipinski definition) is 0. The summed E-state index contributed by atoms with van der Waals surface area (Å²) in [6.07, 6.45) is 2.73. The van der Waals surface area contributed by atoms with Gasteiger partial charge in [0.1, 0.15) is 5.58 Å². The molecule has 0 fully saturated rings. The molecule has 0 saturated heterocycles. The van der Waals surface area contributed by atoms with E-state index in [4.69, 9.17) is 13.9 Å². The Morgan fingerprint density at radius 2 is 1.97 bits per heavy atom. The highest BCUT2D eigenvalue weighted by molar-refractivity contribution is 7.15. The maximum atomic E-state index is 13.0. The summed E-state index contributed by atoms with van der Waals surface area (Å²) >= 11 is 1.29. The van der Waals surface area contributed by atoms with Gasteiger partial charge in [-0.2, -0.15) is 9.50 Å². The minimum atomic E-state index is -0.216. The number of benzene rings is 2. The monoisotopic (exact) mass is 461 g/mol. The molecule has 8 heteroatoms. The van der Waals surface area contributed by atoms with E-state index in [2.05, 4.69) is 17.0 Å². The molecule has 3 aromatic heterocycles. The lowest BCUT2D eigenvalue weighted by molar-refractivity contribution is 0.277. The smallest absolute Gasteiger partial charge is 0.291 e. The maximum absolute atomic E-state index is 13.0. The Hall–Kier alpha value is -3.65. The topological polar surface area (TPSA) is 78.9 Å². The van der Waals surface area contributed by atoms with Crippen LogP contribution in [0.5, 0.6) is 11.5 Å². The molecule has 0 N–H and O–H groups in total. The average molecular weight is 462 g/mol. The van der Waals surface area contributed by atoms with Crippen LogP contribution in [0, 0.1) is 6.92 Å². The first-order chi connectivity index (χ1) is 16.1. The van der Waals surface area contributed by atoms with Gasteiger partial charge in [-0.05, 0) is 50.1 Å². The Balaban J connectivity index is 1.53. The lowest BCUT2D eigenvalue weighted by Crippen LogP contribution is -2.23. The standard InChI is InChI=1S/C25H23N3O4S/c1-4-12-31-19-11-10-16(13-20(19)30-5-2)14-21-24(29)28-25(33-21)26-23(27-28)22-15(3)17-8-6-7-9-18(17)32-22/h6-11,13-14H,4-5,12H2,1-3H3. The van der Waals surface area contributed by atoms with Crippen molar-refractivity contribution in [2.24, 2.45) is 0 Å². The second-order valence-corrected chi connectivity index (χ2v) is 8.59. The molecular formula is C25H23N3O4S. The molecule has 0 aliphatic carbocycles. The quantitative estimate of drug-likeness (QED) is 0.352. The molecule has 7 nitrogen and oxygen atoms in total. The van der Waals surface area contributed by atoms with E-state index in [9.17, 15) is 4.79 Å². The normalized spacial score (nSPS) is 12.2. The Kier molecular flexibility index (Phi) is 5.60. The van der Waals surface area contributed by atoms with Crippen molar-refractivity contribution in [1.29, 1.82) is 0 Å². The Morgan fingerprint density at radius 3 is 2.73 bits per heavy atom. The summed E-state index contributed by atoms with van der Waals surface area (Å²) in [4.78, 5) is 18.1. The number of aryl methyl sites for hydroxylation is 1. The molecular weight excluding hydrogens is 438 g/mol. The molecule has 0 saturated carbocycles. The maximum Gasteiger partial charge on any atom is 0.291 e. The summed E-state index contributed by atoms with van der Waals surface area (Å²) in [5.74, 6) is 2.36. The zero-order valence-corrected chi connectivity index (χ0v) is 19.4. The van der Waals surface area contributed by atoms with Crippen molar-refractivity contribution in [3.63, 3.8) is 0 Å². The van der Waals surface area contributed by atoms with Crippen molar-refractivity contribution in [2.45, 2.75) is 27.2 Å². The van der Waals surface area contributed by atoms with Crippen molar-refractivity contribution in [2.75, 3.05) is 13.2 Å². The predicted octanol–water partition coefficient (Wildman–Crippen LogP) is 4.61. The summed E-state index contributed by atoms with van der Waals surface area (Å²) < 4.78 is 19.3. The molecule has 5 aromatic rings. The summed E-state index contributed by atoms with van der Waals surface area (Å²) in [6, 6.07) is 13.5. The van der Waals surface area contributed by atoms with E-state index in [1.807, 2.05) is 62.4 Å². The number of para-hydroxylation sites is 1. The van der Waals surface area contributed by atoms with Crippen LogP contribution in [0.1, 0.15) is 31.4 Å². The number of thiazole rings is 1. The van der Waals surface area contributed by atoms with E-state index >= 15 is 0 Å². The Bertz CT molecular complexity index is 1560. The molecule has 0 bridgehead atoms. The lowest BCUT2D eigenvalue weighted by Gasteiger charge is -2.11. The van der Waals surface area contributed by atoms with Gasteiger partial charge in [-0.25, -0.2) is 0 Å². The van der Waals surface area contributed by atoms with Crippen LogP contribution in [0.25, 0.3) is 33.6 Å². The van der Waals surface area contributed by atoms with Crippen LogP contribution in [-0.2, 0) is 0 Å². The molecule has 0 amide bonds. The minimum absolute atomic E-state index is 0.216. The molecule has 0 spiro atoms. The third-order valence-electron chi connectivity index (χ3n) is 5.26. The first-order valence-corrected chi connectivity index (χ1v) is 11.7. The van der Waals surface area contributed by atoms with Crippen LogP contribution in [0.4, 0.5) is 0 Å². The summed E-state index contributed by atoms with van der Waals surface area (Å²) in [7, 11) is 0. The van der Waals surface area contributed by atoms with Gasteiger partial charge < -0.3 is 13.9 Å². The molecule has 0 unspecified atom stereocenters. The van der Waals surface area contributed by atoms with E-state index < -0.39 is 0 Å². The highest BCUT2D eigenvalue weighted by atomic mass is 32.1. The van der Waals surface area contributed by atoms with E-state index in [1.54, 1.807) is 0 Å². The van der Waals surface area contributed by atoms with Crippen LogP contribution in [0.3, 0.4) is 0 Å². The number of hydrogen-bond acceptors (Lipinski definition) is 7.